The molecule has 0 aliphatic heterocycles. The van der Waals surface area contributed by atoms with Gasteiger partial charge < -0.3 is 5.32 Å². The molecule has 0 spiro atoms. The number of likely N-dealkylation sites (N-methyl/N-ethyl adjacent to an activating group) is 1. The lowest BCUT2D eigenvalue weighted by molar-refractivity contribution is 0.522. The van der Waals surface area contributed by atoms with E-state index in [-0.39, 0.29) is 6.04 Å². The lowest BCUT2D eigenvalue weighted by Crippen LogP contribution is -2.25. The molecule has 6 heteroatoms. The Morgan fingerprint density at radius 1 is 1.24 bits per heavy atom. The first-order valence-electron chi connectivity index (χ1n) is 7.16. The monoisotopic (exact) mass is 307 g/mol. The molecular formula is C15H22ClN5. The fraction of sp³-hybridized carbons (Fsp3) is 0.533. The van der Waals surface area contributed by atoms with E-state index in [1.165, 1.54) is 5.56 Å². The Morgan fingerprint density at radius 3 is 2.52 bits per heavy atom. The average molecular weight is 308 g/mol. The fourth-order valence-corrected chi connectivity index (χ4v) is 2.79. The van der Waals surface area contributed by atoms with Crippen LogP contribution in [-0.2, 0) is 13.5 Å². The van der Waals surface area contributed by atoms with Gasteiger partial charge in [0.25, 0.3) is 0 Å². The van der Waals surface area contributed by atoms with E-state index in [1.54, 1.807) is 0 Å². The van der Waals surface area contributed by atoms with Gasteiger partial charge in [-0.3, -0.25) is 4.68 Å². The van der Waals surface area contributed by atoms with Gasteiger partial charge in [0.05, 0.1) is 27.8 Å². The minimum Gasteiger partial charge on any atom is -0.310 e. The van der Waals surface area contributed by atoms with Gasteiger partial charge in [-0.05, 0) is 38.9 Å². The Hall–Kier alpha value is -1.46. The molecule has 5 nitrogen and oxygen atoms in total. The summed E-state index contributed by atoms with van der Waals surface area (Å²) in [7, 11) is 1.93. The summed E-state index contributed by atoms with van der Waals surface area (Å²) in [5.41, 5.74) is 4.94. The SMILES string of the molecule is CCNC(Cc1c(Cl)c(C)nn1C)c1cc(C)nnc1C. The van der Waals surface area contributed by atoms with Crippen molar-refractivity contribution in [3.63, 3.8) is 0 Å². The number of nitrogens with zero attached hydrogens (tertiary/aromatic N) is 4. The number of aryl methyl sites for hydroxylation is 4. The summed E-state index contributed by atoms with van der Waals surface area (Å²) in [6.07, 6.45) is 0.774. The van der Waals surface area contributed by atoms with Crippen molar-refractivity contribution >= 4 is 11.6 Å². The van der Waals surface area contributed by atoms with Gasteiger partial charge in [-0.15, -0.1) is 0 Å². The normalized spacial score (nSPS) is 12.7. The van der Waals surface area contributed by atoms with E-state index in [2.05, 4.69) is 33.6 Å². The van der Waals surface area contributed by atoms with Gasteiger partial charge in [0, 0.05) is 19.5 Å². The maximum absolute atomic E-state index is 6.38. The van der Waals surface area contributed by atoms with Crippen molar-refractivity contribution in [2.45, 2.75) is 40.2 Å². The molecule has 2 heterocycles. The number of hydrogen-bond donors (Lipinski definition) is 1. The van der Waals surface area contributed by atoms with Crippen LogP contribution >= 0.6 is 11.6 Å². The Kier molecular flexibility index (Phi) is 4.96. The Bertz CT molecular complexity index is 635. The maximum Gasteiger partial charge on any atom is 0.0847 e. The third-order valence-electron chi connectivity index (χ3n) is 3.62. The van der Waals surface area contributed by atoms with Crippen molar-refractivity contribution in [3.05, 3.63) is 39.4 Å². The van der Waals surface area contributed by atoms with Gasteiger partial charge in [0.2, 0.25) is 0 Å². The highest BCUT2D eigenvalue weighted by Crippen LogP contribution is 2.26. The largest absolute Gasteiger partial charge is 0.310 e. The molecule has 21 heavy (non-hydrogen) atoms. The predicted octanol–water partition coefficient (Wildman–Crippen LogP) is 2.68. The average Bonchev–Trinajstić information content (AvgIpc) is 2.67. The Balaban J connectivity index is 2.37. The molecule has 0 aromatic carbocycles. The number of rotatable bonds is 5. The van der Waals surface area contributed by atoms with Crippen molar-refractivity contribution in [1.29, 1.82) is 0 Å². The second-order valence-electron chi connectivity index (χ2n) is 5.31. The Morgan fingerprint density at radius 2 is 1.95 bits per heavy atom. The smallest absolute Gasteiger partial charge is 0.0847 e. The second-order valence-corrected chi connectivity index (χ2v) is 5.69. The molecular weight excluding hydrogens is 286 g/mol. The van der Waals surface area contributed by atoms with Crippen LogP contribution < -0.4 is 5.32 Å². The molecule has 1 unspecified atom stereocenters. The summed E-state index contributed by atoms with van der Waals surface area (Å²) in [6, 6.07) is 2.24. The third kappa shape index (κ3) is 3.41. The van der Waals surface area contributed by atoms with Gasteiger partial charge in [0.15, 0.2) is 0 Å². The van der Waals surface area contributed by atoms with Gasteiger partial charge in [0.1, 0.15) is 0 Å². The molecule has 0 aliphatic carbocycles. The van der Waals surface area contributed by atoms with Crippen LogP contribution in [0.15, 0.2) is 6.07 Å². The van der Waals surface area contributed by atoms with E-state index in [0.29, 0.717) is 0 Å². The van der Waals surface area contributed by atoms with Crippen LogP contribution in [0, 0.1) is 20.8 Å². The van der Waals surface area contributed by atoms with Crippen LogP contribution in [0.4, 0.5) is 0 Å². The fourth-order valence-electron chi connectivity index (χ4n) is 2.56. The maximum atomic E-state index is 6.38. The number of hydrogen-bond acceptors (Lipinski definition) is 4. The first-order chi connectivity index (χ1) is 9.93. The molecule has 0 amide bonds. The molecule has 0 radical (unpaired) electrons. The van der Waals surface area contributed by atoms with Gasteiger partial charge >= 0.3 is 0 Å². The zero-order valence-electron chi connectivity index (χ0n) is 13.2. The first kappa shape index (κ1) is 15.9. The Labute approximate surface area is 130 Å². The lowest BCUT2D eigenvalue weighted by Gasteiger charge is -2.20. The van der Waals surface area contributed by atoms with Crippen LogP contribution in [-0.4, -0.2) is 26.5 Å². The van der Waals surface area contributed by atoms with Crippen LogP contribution in [0.25, 0.3) is 0 Å². The number of nitrogens with one attached hydrogen (secondary N) is 1. The second kappa shape index (κ2) is 6.54. The van der Waals surface area contributed by atoms with Gasteiger partial charge in [-0.1, -0.05) is 18.5 Å². The van der Waals surface area contributed by atoms with Crippen molar-refractivity contribution in [2.75, 3.05) is 6.54 Å². The highest BCUT2D eigenvalue weighted by atomic mass is 35.5. The first-order valence-corrected chi connectivity index (χ1v) is 7.54. The van der Waals surface area contributed by atoms with Crippen LogP contribution in [0.5, 0.6) is 0 Å². The van der Waals surface area contributed by atoms with Crippen LogP contribution in [0.2, 0.25) is 5.02 Å². The van der Waals surface area contributed by atoms with Gasteiger partial charge in [-0.2, -0.15) is 15.3 Å². The van der Waals surface area contributed by atoms with Crippen molar-refractivity contribution in [3.8, 4) is 0 Å². The van der Waals surface area contributed by atoms with E-state index in [1.807, 2.05) is 32.5 Å². The van der Waals surface area contributed by atoms with E-state index in [0.717, 1.165) is 40.8 Å². The summed E-state index contributed by atoms with van der Waals surface area (Å²) in [6.45, 7) is 8.85. The standard InChI is InChI=1S/C15H22ClN5/c1-6-17-13(12-7-9(2)18-19-10(12)3)8-14-15(16)11(4)20-21(14)5/h7,13,17H,6,8H2,1-5H3. The van der Waals surface area contributed by atoms with E-state index in [9.17, 15) is 0 Å². The van der Waals surface area contributed by atoms with E-state index < -0.39 is 0 Å². The minimum absolute atomic E-state index is 0.150. The minimum atomic E-state index is 0.150. The molecule has 0 fully saturated rings. The van der Waals surface area contributed by atoms with Crippen molar-refractivity contribution < 1.29 is 0 Å². The molecule has 0 saturated heterocycles. The van der Waals surface area contributed by atoms with Crippen molar-refractivity contribution in [2.24, 2.45) is 7.05 Å². The summed E-state index contributed by atoms with van der Waals surface area (Å²) >= 11 is 6.38. The highest BCUT2D eigenvalue weighted by Gasteiger charge is 2.20. The molecule has 1 atom stereocenters. The summed E-state index contributed by atoms with van der Waals surface area (Å²) < 4.78 is 1.86. The quantitative estimate of drug-likeness (QED) is 0.922. The molecule has 0 bridgehead atoms. The summed E-state index contributed by atoms with van der Waals surface area (Å²) in [5.74, 6) is 0. The zero-order chi connectivity index (χ0) is 15.6. The lowest BCUT2D eigenvalue weighted by atomic mass is 10.00. The molecule has 2 rings (SSSR count). The molecule has 1 N–H and O–H groups in total. The molecule has 0 saturated carbocycles. The molecule has 114 valence electrons. The van der Waals surface area contributed by atoms with Gasteiger partial charge in [-0.25, -0.2) is 0 Å². The zero-order valence-corrected chi connectivity index (χ0v) is 14.0. The summed E-state index contributed by atoms with van der Waals surface area (Å²) in [4.78, 5) is 0. The van der Waals surface area contributed by atoms with E-state index >= 15 is 0 Å². The van der Waals surface area contributed by atoms with Crippen molar-refractivity contribution in [1.82, 2.24) is 25.3 Å². The summed E-state index contributed by atoms with van der Waals surface area (Å²) in [5, 5.41) is 17.0. The number of halogens is 1. The molecule has 2 aromatic heterocycles. The number of aromatic nitrogens is 4. The molecule has 2 aromatic rings. The predicted molar refractivity (Wildman–Crippen MR) is 84.6 cm³/mol. The van der Waals surface area contributed by atoms with Crippen LogP contribution in [0.1, 0.15) is 41.3 Å². The topological polar surface area (TPSA) is 55.6 Å². The molecule has 0 aliphatic rings. The van der Waals surface area contributed by atoms with E-state index in [4.69, 9.17) is 11.6 Å². The third-order valence-corrected chi connectivity index (χ3v) is 4.12. The highest BCUT2D eigenvalue weighted by molar-refractivity contribution is 6.31. The van der Waals surface area contributed by atoms with Crippen LogP contribution in [0.3, 0.4) is 0 Å².